The molecule has 0 aromatic carbocycles. The molecule has 0 amide bonds. The Hall–Kier alpha value is -0.120. The van der Waals surface area contributed by atoms with Crippen molar-refractivity contribution in [3.8, 4) is 0 Å². The van der Waals surface area contributed by atoms with Crippen molar-refractivity contribution in [2.75, 3.05) is 39.3 Å². The minimum Gasteiger partial charge on any atom is -0.315 e. The molecule has 20 heavy (non-hydrogen) atoms. The zero-order valence-corrected chi connectivity index (χ0v) is 14.1. The summed E-state index contributed by atoms with van der Waals surface area (Å²) in [5, 5.41) is 3.68. The second-order valence-corrected chi connectivity index (χ2v) is 7.54. The maximum absolute atomic E-state index is 3.68. The molecule has 0 saturated carbocycles. The van der Waals surface area contributed by atoms with Crippen molar-refractivity contribution in [3.63, 3.8) is 0 Å². The molecule has 3 nitrogen and oxygen atoms in total. The lowest BCUT2D eigenvalue weighted by Crippen LogP contribution is -2.59. The number of hydrogen-bond acceptors (Lipinski definition) is 3. The second kappa shape index (κ2) is 7.77. The van der Waals surface area contributed by atoms with Gasteiger partial charge in [0.05, 0.1) is 0 Å². The Bertz CT molecular complexity index is 277. The zero-order valence-electron chi connectivity index (χ0n) is 14.1. The molecule has 2 unspecified atom stereocenters. The molecule has 0 aromatic heterocycles. The summed E-state index contributed by atoms with van der Waals surface area (Å²) in [5.74, 6) is 1.49. The van der Waals surface area contributed by atoms with Crippen LogP contribution in [0.15, 0.2) is 0 Å². The second-order valence-electron chi connectivity index (χ2n) is 7.54. The number of nitrogens with one attached hydrogen (secondary N) is 1. The molecule has 0 spiro atoms. The number of fused-ring (bicyclic) bond motifs is 1. The SMILES string of the molecule is CC(C)CNCC(C(C)C)N1CCN2CCCCC2C1. The van der Waals surface area contributed by atoms with Crippen LogP contribution in [0.25, 0.3) is 0 Å². The Morgan fingerprint density at radius 3 is 2.50 bits per heavy atom. The van der Waals surface area contributed by atoms with Crippen LogP contribution < -0.4 is 5.32 Å². The van der Waals surface area contributed by atoms with Crippen molar-refractivity contribution in [3.05, 3.63) is 0 Å². The van der Waals surface area contributed by atoms with Crippen molar-refractivity contribution >= 4 is 0 Å². The van der Waals surface area contributed by atoms with E-state index in [1.807, 2.05) is 0 Å². The highest BCUT2D eigenvalue weighted by molar-refractivity contribution is 4.89. The highest BCUT2D eigenvalue weighted by Crippen LogP contribution is 2.23. The summed E-state index contributed by atoms with van der Waals surface area (Å²) in [6.07, 6.45) is 4.27. The van der Waals surface area contributed by atoms with E-state index < -0.39 is 0 Å². The zero-order chi connectivity index (χ0) is 14.5. The number of piperidine rings is 1. The van der Waals surface area contributed by atoms with Crippen molar-refractivity contribution in [1.82, 2.24) is 15.1 Å². The van der Waals surface area contributed by atoms with Gasteiger partial charge >= 0.3 is 0 Å². The molecule has 2 aliphatic rings. The van der Waals surface area contributed by atoms with Crippen LogP contribution in [-0.2, 0) is 0 Å². The topological polar surface area (TPSA) is 18.5 Å². The summed E-state index contributed by atoms with van der Waals surface area (Å²) in [4.78, 5) is 5.50. The van der Waals surface area contributed by atoms with Gasteiger partial charge in [0.1, 0.15) is 0 Å². The highest BCUT2D eigenvalue weighted by Gasteiger charge is 2.32. The fourth-order valence-electron chi connectivity index (χ4n) is 3.79. The molecule has 0 radical (unpaired) electrons. The van der Waals surface area contributed by atoms with Crippen LogP contribution in [0.3, 0.4) is 0 Å². The lowest BCUT2D eigenvalue weighted by molar-refractivity contribution is 0.0163. The Balaban J connectivity index is 1.85. The van der Waals surface area contributed by atoms with Crippen LogP contribution in [-0.4, -0.2) is 61.2 Å². The summed E-state index contributed by atoms with van der Waals surface area (Å²) in [6.45, 7) is 16.8. The average molecular weight is 281 g/mol. The third-order valence-corrected chi connectivity index (χ3v) is 5.01. The van der Waals surface area contributed by atoms with Crippen molar-refractivity contribution < 1.29 is 0 Å². The minimum atomic E-state index is 0.706. The molecular weight excluding hydrogens is 246 g/mol. The Labute approximate surface area is 126 Å². The normalized spacial score (nSPS) is 27.0. The van der Waals surface area contributed by atoms with Gasteiger partial charge in [0.25, 0.3) is 0 Å². The van der Waals surface area contributed by atoms with Crippen LogP contribution in [0.1, 0.15) is 47.0 Å². The fourth-order valence-corrected chi connectivity index (χ4v) is 3.79. The molecule has 2 atom stereocenters. The van der Waals surface area contributed by atoms with E-state index in [2.05, 4.69) is 42.8 Å². The van der Waals surface area contributed by atoms with Crippen LogP contribution in [0.5, 0.6) is 0 Å². The predicted molar refractivity (Wildman–Crippen MR) is 87.1 cm³/mol. The molecule has 2 rings (SSSR count). The Kier molecular flexibility index (Phi) is 6.31. The van der Waals surface area contributed by atoms with Gasteiger partial charge in [-0.15, -0.1) is 0 Å². The summed E-state index contributed by atoms with van der Waals surface area (Å²) >= 11 is 0. The molecule has 0 aromatic rings. The smallest absolute Gasteiger partial charge is 0.0244 e. The molecule has 2 aliphatic heterocycles. The number of hydrogen-bond donors (Lipinski definition) is 1. The van der Waals surface area contributed by atoms with E-state index in [4.69, 9.17) is 0 Å². The first-order chi connectivity index (χ1) is 9.58. The molecular formula is C17H35N3. The molecule has 2 fully saturated rings. The molecule has 0 aliphatic carbocycles. The number of rotatable bonds is 6. The summed E-state index contributed by atoms with van der Waals surface area (Å²) in [5.41, 5.74) is 0. The molecule has 0 bridgehead atoms. The number of piperazine rings is 1. The Morgan fingerprint density at radius 2 is 1.80 bits per heavy atom. The van der Waals surface area contributed by atoms with Gasteiger partial charge in [-0.3, -0.25) is 9.80 Å². The van der Waals surface area contributed by atoms with Crippen LogP contribution >= 0.6 is 0 Å². The first-order valence-electron chi connectivity index (χ1n) is 8.76. The van der Waals surface area contributed by atoms with Gasteiger partial charge in [-0.25, -0.2) is 0 Å². The van der Waals surface area contributed by atoms with Crippen LogP contribution in [0.4, 0.5) is 0 Å². The van der Waals surface area contributed by atoms with E-state index in [-0.39, 0.29) is 0 Å². The number of nitrogens with zero attached hydrogens (tertiary/aromatic N) is 2. The van der Waals surface area contributed by atoms with Gasteiger partial charge in [0, 0.05) is 38.3 Å². The first kappa shape index (κ1) is 16.3. The molecule has 2 heterocycles. The standard InChI is InChI=1S/C17H35N3/c1-14(2)11-18-12-17(15(3)4)20-10-9-19-8-6-5-7-16(19)13-20/h14-18H,5-13H2,1-4H3. The highest BCUT2D eigenvalue weighted by atomic mass is 15.3. The third kappa shape index (κ3) is 4.44. The average Bonchev–Trinajstić information content (AvgIpc) is 2.42. The van der Waals surface area contributed by atoms with Crippen molar-refractivity contribution in [1.29, 1.82) is 0 Å². The van der Waals surface area contributed by atoms with E-state index in [0.717, 1.165) is 31.0 Å². The van der Waals surface area contributed by atoms with Gasteiger partial charge in [-0.2, -0.15) is 0 Å². The largest absolute Gasteiger partial charge is 0.315 e. The van der Waals surface area contributed by atoms with Crippen LogP contribution in [0, 0.1) is 11.8 Å². The van der Waals surface area contributed by atoms with E-state index in [1.165, 1.54) is 45.4 Å². The van der Waals surface area contributed by atoms with Gasteiger partial charge in [-0.1, -0.05) is 34.1 Å². The van der Waals surface area contributed by atoms with Gasteiger partial charge in [0.2, 0.25) is 0 Å². The first-order valence-corrected chi connectivity index (χ1v) is 8.76. The minimum absolute atomic E-state index is 0.706. The van der Waals surface area contributed by atoms with Gasteiger partial charge in [-0.05, 0) is 37.8 Å². The molecule has 1 N–H and O–H groups in total. The summed E-state index contributed by atoms with van der Waals surface area (Å²) in [7, 11) is 0. The van der Waals surface area contributed by atoms with E-state index >= 15 is 0 Å². The van der Waals surface area contributed by atoms with Gasteiger partial charge in [0.15, 0.2) is 0 Å². The Morgan fingerprint density at radius 1 is 1.00 bits per heavy atom. The lowest BCUT2D eigenvalue weighted by Gasteiger charge is -2.47. The van der Waals surface area contributed by atoms with Gasteiger partial charge < -0.3 is 5.32 Å². The fraction of sp³-hybridized carbons (Fsp3) is 1.00. The molecule has 3 heteroatoms. The monoisotopic (exact) mass is 281 g/mol. The summed E-state index contributed by atoms with van der Waals surface area (Å²) in [6, 6.07) is 1.54. The van der Waals surface area contributed by atoms with E-state index in [9.17, 15) is 0 Å². The van der Waals surface area contributed by atoms with E-state index in [1.54, 1.807) is 0 Å². The summed E-state index contributed by atoms with van der Waals surface area (Å²) < 4.78 is 0. The lowest BCUT2D eigenvalue weighted by atomic mass is 9.95. The maximum Gasteiger partial charge on any atom is 0.0244 e. The quantitative estimate of drug-likeness (QED) is 0.807. The van der Waals surface area contributed by atoms with Crippen molar-refractivity contribution in [2.24, 2.45) is 11.8 Å². The molecule has 118 valence electrons. The third-order valence-electron chi connectivity index (χ3n) is 5.01. The maximum atomic E-state index is 3.68. The molecule has 2 saturated heterocycles. The van der Waals surface area contributed by atoms with Crippen LogP contribution in [0.2, 0.25) is 0 Å². The van der Waals surface area contributed by atoms with Crippen molar-refractivity contribution in [2.45, 2.75) is 59.0 Å². The predicted octanol–water partition coefficient (Wildman–Crippen LogP) is 2.43. The van der Waals surface area contributed by atoms with E-state index in [0.29, 0.717) is 6.04 Å².